The van der Waals surface area contributed by atoms with Crippen LogP contribution in [0.15, 0.2) is 54.9 Å². The van der Waals surface area contributed by atoms with Gasteiger partial charge in [-0.2, -0.15) is 0 Å². The highest BCUT2D eigenvalue weighted by molar-refractivity contribution is 5.78. The quantitative estimate of drug-likeness (QED) is 0.605. The van der Waals surface area contributed by atoms with Crippen molar-refractivity contribution in [1.82, 2.24) is 15.2 Å². The average Bonchev–Trinajstić information content (AvgIpc) is 2.99. The van der Waals surface area contributed by atoms with E-state index in [9.17, 15) is 15.0 Å². The van der Waals surface area contributed by atoms with Gasteiger partial charge in [-0.3, -0.25) is 14.7 Å². The highest BCUT2D eigenvalue weighted by Crippen LogP contribution is 2.39. The number of benzene rings is 1. The van der Waals surface area contributed by atoms with Crippen molar-refractivity contribution >= 4 is 5.91 Å². The first-order valence-corrected chi connectivity index (χ1v) is 11.9. The first kappa shape index (κ1) is 22.9. The molecule has 1 aliphatic carbocycles. The normalized spacial score (nSPS) is 27.6. The first-order chi connectivity index (χ1) is 15.6. The monoisotopic (exact) mass is 437 g/mol. The molecule has 1 aromatic heterocycles. The second kappa shape index (κ2) is 10.6. The summed E-state index contributed by atoms with van der Waals surface area (Å²) in [6.07, 6.45) is 8.03. The fraction of sp³-hybridized carbons (Fsp3) is 0.538. The van der Waals surface area contributed by atoms with Crippen molar-refractivity contribution < 1.29 is 15.0 Å². The summed E-state index contributed by atoms with van der Waals surface area (Å²) in [5.41, 5.74) is 1.93. The summed E-state index contributed by atoms with van der Waals surface area (Å²) in [6, 6.07) is 14.3. The predicted octanol–water partition coefficient (Wildman–Crippen LogP) is 2.44. The molecule has 1 amide bonds. The topological polar surface area (TPSA) is 85.7 Å². The van der Waals surface area contributed by atoms with Crippen molar-refractivity contribution in [1.29, 1.82) is 0 Å². The third kappa shape index (κ3) is 5.55. The molecule has 1 saturated carbocycles. The number of aromatic nitrogens is 1. The van der Waals surface area contributed by atoms with E-state index in [2.05, 4.69) is 39.5 Å². The Morgan fingerprint density at radius 2 is 1.78 bits per heavy atom. The van der Waals surface area contributed by atoms with Crippen LogP contribution in [0.1, 0.15) is 49.7 Å². The second-order valence-corrected chi connectivity index (χ2v) is 9.44. The van der Waals surface area contributed by atoms with Crippen molar-refractivity contribution in [3.05, 3.63) is 66.0 Å². The molecular weight excluding hydrogens is 402 g/mol. The van der Waals surface area contributed by atoms with Gasteiger partial charge in [-0.15, -0.1) is 0 Å². The summed E-state index contributed by atoms with van der Waals surface area (Å²) < 4.78 is 0. The maximum Gasteiger partial charge on any atom is 0.224 e. The summed E-state index contributed by atoms with van der Waals surface area (Å²) in [6.45, 7) is 2.24. The molecule has 0 unspecified atom stereocenters. The number of aliphatic hydroxyl groups is 2. The molecule has 6 nitrogen and oxygen atoms in total. The Morgan fingerprint density at radius 1 is 1.03 bits per heavy atom. The zero-order valence-electron chi connectivity index (χ0n) is 18.7. The minimum absolute atomic E-state index is 0.000306. The molecule has 6 heteroatoms. The molecule has 2 aromatic rings. The van der Waals surface area contributed by atoms with Gasteiger partial charge in [0, 0.05) is 43.5 Å². The molecule has 2 heterocycles. The molecule has 0 bridgehead atoms. The SMILES string of the molecule is O=C(Cc1cccnc1)NC[C@@]1(c2ccccc2)CC[C@H](O)[C@@H](N2CCC(O)CC2)CC1. The largest absolute Gasteiger partial charge is 0.393 e. The van der Waals surface area contributed by atoms with Gasteiger partial charge < -0.3 is 15.5 Å². The Morgan fingerprint density at radius 3 is 2.50 bits per heavy atom. The Labute approximate surface area is 190 Å². The molecule has 2 fully saturated rings. The molecule has 1 aromatic carbocycles. The molecule has 3 N–H and O–H groups in total. The van der Waals surface area contributed by atoms with Gasteiger partial charge in [0.05, 0.1) is 18.6 Å². The third-order valence-electron chi connectivity index (χ3n) is 7.35. The lowest BCUT2D eigenvalue weighted by Crippen LogP contribution is -2.48. The summed E-state index contributed by atoms with van der Waals surface area (Å²) in [5, 5.41) is 24.1. The predicted molar refractivity (Wildman–Crippen MR) is 124 cm³/mol. The number of amides is 1. The highest BCUT2D eigenvalue weighted by Gasteiger charge is 2.40. The van der Waals surface area contributed by atoms with Gasteiger partial charge in [0.25, 0.3) is 0 Å². The van der Waals surface area contributed by atoms with Gasteiger partial charge in [0.1, 0.15) is 0 Å². The van der Waals surface area contributed by atoms with Crippen LogP contribution in [0.2, 0.25) is 0 Å². The van der Waals surface area contributed by atoms with Crippen LogP contribution in [0.4, 0.5) is 0 Å². The van der Waals surface area contributed by atoms with E-state index in [1.807, 2.05) is 18.2 Å². The van der Waals surface area contributed by atoms with Gasteiger partial charge in [-0.05, 0) is 55.7 Å². The van der Waals surface area contributed by atoms with E-state index in [4.69, 9.17) is 0 Å². The van der Waals surface area contributed by atoms with E-state index in [-0.39, 0.29) is 29.6 Å². The number of nitrogens with one attached hydrogen (secondary N) is 1. The van der Waals surface area contributed by atoms with Crippen LogP contribution in [-0.4, -0.2) is 63.9 Å². The maximum absolute atomic E-state index is 12.7. The summed E-state index contributed by atoms with van der Waals surface area (Å²) in [4.78, 5) is 19.2. The van der Waals surface area contributed by atoms with Gasteiger partial charge in [-0.1, -0.05) is 36.4 Å². The standard InChI is InChI=1S/C26H35N3O3/c30-22-10-15-29(16-11-22)23-8-12-26(13-9-24(23)31,21-6-2-1-3-7-21)19-28-25(32)17-20-5-4-14-27-18-20/h1-7,14,18,22-24,30-31H,8-13,15-17,19H2,(H,28,32)/t23-,24-,26-/m0/s1. The van der Waals surface area contributed by atoms with Gasteiger partial charge in [0.2, 0.25) is 5.91 Å². The van der Waals surface area contributed by atoms with Crippen LogP contribution in [0, 0.1) is 0 Å². The number of likely N-dealkylation sites (tertiary alicyclic amines) is 1. The number of hydrogen-bond acceptors (Lipinski definition) is 5. The highest BCUT2D eigenvalue weighted by atomic mass is 16.3. The summed E-state index contributed by atoms with van der Waals surface area (Å²) >= 11 is 0. The Balaban J connectivity index is 1.47. The molecule has 3 atom stereocenters. The molecule has 1 aliphatic heterocycles. The van der Waals surface area contributed by atoms with Crippen molar-refractivity contribution in [2.45, 2.75) is 68.6 Å². The lowest BCUT2D eigenvalue weighted by Gasteiger charge is -2.38. The first-order valence-electron chi connectivity index (χ1n) is 11.9. The van der Waals surface area contributed by atoms with Gasteiger partial charge in [0.15, 0.2) is 0 Å². The van der Waals surface area contributed by atoms with Gasteiger partial charge in [-0.25, -0.2) is 0 Å². The lowest BCUT2D eigenvalue weighted by molar-refractivity contribution is -0.120. The second-order valence-electron chi connectivity index (χ2n) is 9.44. The van der Waals surface area contributed by atoms with Crippen molar-refractivity contribution in [3.8, 4) is 0 Å². The van der Waals surface area contributed by atoms with Crippen molar-refractivity contribution in [2.75, 3.05) is 19.6 Å². The van der Waals surface area contributed by atoms with Crippen LogP contribution in [0.5, 0.6) is 0 Å². The molecular formula is C26H35N3O3. The van der Waals surface area contributed by atoms with Crippen LogP contribution in [0.3, 0.4) is 0 Å². The number of pyridine rings is 1. The Bertz CT molecular complexity index is 855. The number of aliphatic hydroxyl groups excluding tert-OH is 2. The molecule has 4 rings (SSSR count). The number of nitrogens with zero attached hydrogens (tertiary/aromatic N) is 2. The number of piperidine rings is 1. The van der Waals surface area contributed by atoms with Crippen LogP contribution < -0.4 is 5.32 Å². The fourth-order valence-corrected chi connectivity index (χ4v) is 5.38. The number of carbonyl (C=O) groups excluding carboxylic acids is 1. The van der Waals surface area contributed by atoms with Crippen molar-refractivity contribution in [2.24, 2.45) is 0 Å². The van der Waals surface area contributed by atoms with E-state index < -0.39 is 0 Å². The van der Waals surface area contributed by atoms with Gasteiger partial charge >= 0.3 is 0 Å². The van der Waals surface area contributed by atoms with E-state index in [1.54, 1.807) is 12.4 Å². The fourth-order valence-electron chi connectivity index (χ4n) is 5.38. The minimum Gasteiger partial charge on any atom is -0.393 e. The maximum atomic E-state index is 12.7. The zero-order chi connectivity index (χ0) is 22.4. The molecule has 0 spiro atoms. The van der Waals surface area contributed by atoms with Crippen LogP contribution in [0.25, 0.3) is 0 Å². The number of hydrogen-bond donors (Lipinski definition) is 3. The summed E-state index contributed by atoms with van der Waals surface area (Å²) in [7, 11) is 0. The minimum atomic E-state index is -0.387. The van der Waals surface area contributed by atoms with E-state index in [0.29, 0.717) is 19.4 Å². The smallest absolute Gasteiger partial charge is 0.224 e. The molecule has 172 valence electrons. The molecule has 0 radical (unpaired) electrons. The molecule has 32 heavy (non-hydrogen) atoms. The van der Waals surface area contributed by atoms with E-state index >= 15 is 0 Å². The summed E-state index contributed by atoms with van der Waals surface area (Å²) in [5.74, 6) is -0.000306. The Kier molecular flexibility index (Phi) is 7.55. The van der Waals surface area contributed by atoms with Crippen molar-refractivity contribution in [3.63, 3.8) is 0 Å². The van der Waals surface area contributed by atoms with Crippen LogP contribution in [-0.2, 0) is 16.6 Å². The third-order valence-corrected chi connectivity index (χ3v) is 7.35. The molecule has 1 saturated heterocycles. The molecule has 2 aliphatic rings. The zero-order valence-corrected chi connectivity index (χ0v) is 18.7. The lowest BCUT2D eigenvalue weighted by atomic mass is 9.74. The average molecular weight is 438 g/mol. The van der Waals surface area contributed by atoms with E-state index in [1.165, 1.54) is 5.56 Å². The van der Waals surface area contributed by atoms with Crippen LogP contribution >= 0.6 is 0 Å². The number of rotatable bonds is 6. The number of carbonyl (C=O) groups is 1. The Hall–Kier alpha value is -2.28. The van der Waals surface area contributed by atoms with E-state index in [0.717, 1.165) is 50.8 Å².